The largest absolute Gasteiger partial charge is 0.496 e. The van der Waals surface area contributed by atoms with Crippen LogP contribution in [0.3, 0.4) is 0 Å². The van der Waals surface area contributed by atoms with E-state index >= 15 is 0 Å². The van der Waals surface area contributed by atoms with Gasteiger partial charge >= 0.3 is 0 Å². The molecule has 0 aliphatic rings. The highest BCUT2D eigenvalue weighted by atomic mass is 16.7. The number of hydrogen-bond donors (Lipinski definition) is 1. The minimum atomic E-state index is -1.21. The average Bonchev–Trinajstić information content (AvgIpc) is 2.83. The highest BCUT2D eigenvalue weighted by Gasteiger charge is 2.30. The van der Waals surface area contributed by atoms with E-state index in [0.29, 0.717) is 45.3 Å². The van der Waals surface area contributed by atoms with Crippen LogP contribution in [-0.2, 0) is 18.9 Å². The van der Waals surface area contributed by atoms with Gasteiger partial charge in [-0.1, -0.05) is 0 Å². The third-order valence-electron chi connectivity index (χ3n) is 5.08. The highest BCUT2D eigenvalue weighted by molar-refractivity contribution is 5.58. The van der Waals surface area contributed by atoms with E-state index in [-0.39, 0.29) is 0 Å². The Bertz CT molecular complexity index is 754. The third kappa shape index (κ3) is 5.08. The van der Waals surface area contributed by atoms with E-state index < -0.39 is 18.7 Å². The van der Waals surface area contributed by atoms with E-state index in [0.717, 1.165) is 0 Å². The van der Waals surface area contributed by atoms with Crippen LogP contribution in [0.2, 0.25) is 0 Å². The normalized spacial score (nSPS) is 11.4. The molecule has 0 aromatic heterocycles. The Balaban J connectivity index is 2.71. The molecule has 0 aliphatic carbocycles. The molecule has 178 valence electrons. The summed E-state index contributed by atoms with van der Waals surface area (Å²) < 4.78 is 43.7. The predicted octanol–water partition coefficient (Wildman–Crippen LogP) is 3.39. The smallest absolute Gasteiger partial charge is 0.183 e. The van der Waals surface area contributed by atoms with Crippen molar-refractivity contribution in [3.8, 4) is 23.0 Å². The molecule has 0 amide bonds. The maximum atomic E-state index is 11.5. The molecule has 2 aromatic carbocycles. The molecule has 0 heterocycles. The second-order valence-electron chi connectivity index (χ2n) is 6.69. The van der Waals surface area contributed by atoms with Crippen LogP contribution in [0.4, 0.5) is 0 Å². The molecule has 9 heteroatoms. The summed E-state index contributed by atoms with van der Waals surface area (Å²) in [5, 5.41) is 11.5. The summed E-state index contributed by atoms with van der Waals surface area (Å²) in [5.74, 6) is 1.52. The molecule has 0 spiro atoms. The van der Waals surface area contributed by atoms with Crippen molar-refractivity contribution in [3.63, 3.8) is 0 Å². The topological polar surface area (TPSA) is 94.1 Å². The first-order valence-corrected chi connectivity index (χ1v) is 9.75. The van der Waals surface area contributed by atoms with E-state index in [2.05, 4.69) is 0 Å². The second kappa shape index (κ2) is 11.9. The van der Waals surface area contributed by atoms with Crippen molar-refractivity contribution in [3.05, 3.63) is 46.5 Å². The van der Waals surface area contributed by atoms with Crippen molar-refractivity contribution >= 4 is 0 Å². The van der Waals surface area contributed by atoms with Crippen LogP contribution in [0, 0.1) is 0 Å². The van der Waals surface area contributed by atoms with Crippen LogP contribution in [-0.4, -0.2) is 62.0 Å². The molecule has 9 nitrogen and oxygen atoms in total. The zero-order chi connectivity index (χ0) is 23.8. The number of rotatable bonds is 12. The third-order valence-corrected chi connectivity index (χ3v) is 5.08. The first-order valence-electron chi connectivity index (χ1n) is 9.75. The Morgan fingerprint density at radius 3 is 0.938 bits per heavy atom. The second-order valence-corrected chi connectivity index (χ2v) is 6.69. The Morgan fingerprint density at radius 2 is 0.750 bits per heavy atom. The molecule has 0 fully saturated rings. The van der Waals surface area contributed by atoms with E-state index in [1.54, 1.807) is 24.3 Å². The molecular weight excluding hydrogens is 420 g/mol. The van der Waals surface area contributed by atoms with Gasteiger partial charge in [-0.3, -0.25) is 0 Å². The van der Waals surface area contributed by atoms with Gasteiger partial charge in [-0.15, -0.1) is 0 Å². The van der Waals surface area contributed by atoms with Gasteiger partial charge < -0.3 is 43.0 Å². The van der Waals surface area contributed by atoms with Gasteiger partial charge in [0.1, 0.15) is 29.1 Å². The quantitative estimate of drug-likeness (QED) is 0.486. The van der Waals surface area contributed by atoms with Gasteiger partial charge in [-0.05, 0) is 24.3 Å². The lowest BCUT2D eigenvalue weighted by Gasteiger charge is -2.25. The number of methoxy groups -OCH3 is 8. The van der Waals surface area contributed by atoms with E-state index in [1.807, 2.05) is 0 Å². The average molecular weight is 453 g/mol. The SMILES string of the molecule is COc1cc(C(OC)OC)cc(OC)c1C(O)c1c(OC)cc(C(OC)OC)cc1OC. The lowest BCUT2D eigenvalue weighted by Crippen LogP contribution is -2.12. The zero-order valence-corrected chi connectivity index (χ0v) is 19.8. The summed E-state index contributed by atoms with van der Waals surface area (Å²) in [5.41, 5.74) is 2.11. The molecule has 0 saturated heterocycles. The van der Waals surface area contributed by atoms with Crippen molar-refractivity contribution in [2.75, 3.05) is 56.9 Å². The van der Waals surface area contributed by atoms with Crippen molar-refractivity contribution in [2.24, 2.45) is 0 Å². The Hall–Kier alpha value is -2.56. The Kier molecular flexibility index (Phi) is 9.55. The monoisotopic (exact) mass is 452 g/mol. The van der Waals surface area contributed by atoms with Gasteiger partial charge in [0.15, 0.2) is 12.6 Å². The first-order chi connectivity index (χ1) is 15.4. The molecule has 0 aliphatic heterocycles. The molecule has 1 N–H and O–H groups in total. The summed E-state index contributed by atoms with van der Waals surface area (Å²) >= 11 is 0. The van der Waals surface area contributed by atoms with Crippen molar-refractivity contribution < 1.29 is 43.0 Å². The molecular formula is C23H32O9. The van der Waals surface area contributed by atoms with Crippen LogP contribution < -0.4 is 18.9 Å². The van der Waals surface area contributed by atoms with Gasteiger partial charge in [0.25, 0.3) is 0 Å². The maximum Gasteiger partial charge on any atom is 0.183 e. The fourth-order valence-electron chi connectivity index (χ4n) is 3.61. The molecule has 0 unspecified atom stereocenters. The van der Waals surface area contributed by atoms with Crippen LogP contribution >= 0.6 is 0 Å². The van der Waals surface area contributed by atoms with Gasteiger partial charge in [0.2, 0.25) is 0 Å². The predicted molar refractivity (Wildman–Crippen MR) is 117 cm³/mol. The Labute approximate surface area is 188 Å². The summed E-state index contributed by atoms with van der Waals surface area (Å²) in [4.78, 5) is 0. The molecule has 0 atom stereocenters. The fourth-order valence-corrected chi connectivity index (χ4v) is 3.61. The standard InChI is InChI=1S/C23H32O9/c1-25-15-9-13(22(29-5)30-6)10-16(26-2)19(15)21(24)20-17(27-3)11-14(12-18(20)28-4)23(31-7)32-8/h9-12,21-24H,1-8H3. The minimum absolute atomic E-state index is 0.380. The zero-order valence-electron chi connectivity index (χ0n) is 19.8. The first kappa shape index (κ1) is 25.7. The highest BCUT2D eigenvalue weighted by Crippen LogP contribution is 2.46. The van der Waals surface area contributed by atoms with Crippen LogP contribution in [0.15, 0.2) is 24.3 Å². The number of ether oxygens (including phenoxy) is 8. The van der Waals surface area contributed by atoms with Crippen LogP contribution in [0.1, 0.15) is 40.9 Å². The number of aliphatic hydroxyl groups excluding tert-OH is 1. The van der Waals surface area contributed by atoms with Gasteiger partial charge in [0.05, 0.1) is 39.6 Å². The van der Waals surface area contributed by atoms with Gasteiger partial charge in [0, 0.05) is 39.6 Å². The molecule has 32 heavy (non-hydrogen) atoms. The summed E-state index contributed by atoms with van der Waals surface area (Å²) in [6.07, 6.45) is -2.47. The lowest BCUT2D eigenvalue weighted by molar-refractivity contribution is -0.106. The number of benzene rings is 2. The van der Waals surface area contributed by atoms with E-state index in [4.69, 9.17) is 37.9 Å². The summed E-state index contributed by atoms with van der Waals surface area (Å²) in [6, 6.07) is 6.88. The lowest BCUT2D eigenvalue weighted by atomic mass is 9.95. The van der Waals surface area contributed by atoms with E-state index in [9.17, 15) is 5.11 Å². The number of aliphatic hydroxyl groups is 1. The minimum Gasteiger partial charge on any atom is -0.496 e. The Morgan fingerprint density at radius 1 is 0.500 bits per heavy atom. The molecule has 0 bridgehead atoms. The molecule has 0 radical (unpaired) electrons. The fraction of sp³-hybridized carbons (Fsp3) is 0.478. The van der Waals surface area contributed by atoms with Crippen LogP contribution in [0.25, 0.3) is 0 Å². The van der Waals surface area contributed by atoms with Crippen molar-refractivity contribution in [2.45, 2.75) is 18.7 Å². The number of hydrogen-bond acceptors (Lipinski definition) is 9. The van der Waals surface area contributed by atoms with E-state index in [1.165, 1.54) is 56.9 Å². The molecule has 2 rings (SSSR count). The summed E-state index contributed by atoms with van der Waals surface area (Å²) in [6.45, 7) is 0. The molecule has 0 saturated carbocycles. The van der Waals surface area contributed by atoms with Crippen molar-refractivity contribution in [1.29, 1.82) is 0 Å². The maximum absolute atomic E-state index is 11.5. The van der Waals surface area contributed by atoms with Gasteiger partial charge in [-0.2, -0.15) is 0 Å². The molecule has 2 aromatic rings. The van der Waals surface area contributed by atoms with Gasteiger partial charge in [-0.25, -0.2) is 0 Å². The van der Waals surface area contributed by atoms with Crippen molar-refractivity contribution in [1.82, 2.24) is 0 Å². The summed E-state index contributed by atoms with van der Waals surface area (Å²) in [7, 11) is 12.1. The van der Waals surface area contributed by atoms with Crippen LogP contribution in [0.5, 0.6) is 23.0 Å².